The number of benzene rings is 2. The molecule has 10 heteroatoms. The van der Waals surface area contributed by atoms with Crippen LogP contribution in [0.4, 0.5) is 10.1 Å². The van der Waals surface area contributed by atoms with E-state index >= 15 is 0 Å². The third-order valence-electron chi connectivity index (χ3n) is 4.15. The molecule has 2 amide bonds. The number of nitrogens with zero attached hydrogens (tertiary/aromatic N) is 1. The summed E-state index contributed by atoms with van der Waals surface area (Å²) in [5, 5.41) is 5.13. The maximum atomic E-state index is 13.3. The highest BCUT2D eigenvalue weighted by molar-refractivity contribution is 7.89. The number of ether oxygens (including phenoxy) is 1. The van der Waals surface area contributed by atoms with Gasteiger partial charge in [-0.25, -0.2) is 12.8 Å². The Morgan fingerprint density at radius 3 is 2.75 bits per heavy atom. The molecule has 1 aliphatic heterocycles. The van der Waals surface area contributed by atoms with Crippen LogP contribution >= 0.6 is 0 Å². The van der Waals surface area contributed by atoms with Gasteiger partial charge in [0.15, 0.2) is 0 Å². The van der Waals surface area contributed by atoms with Gasteiger partial charge in [0.05, 0.1) is 24.2 Å². The first-order valence-corrected chi connectivity index (χ1v) is 9.77. The molecule has 2 aromatic carbocycles. The van der Waals surface area contributed by atoms with Crippen molar-refractivity contribution in [2.45, 2.75) is 4.90 Å². The van der Waals surface area contributed by atoms with Gasteiger partial charge in [0.2, 0.25) is 15.9 Å². The van der Waals surface area contributed by atoms with Gasteiger partial charge in [-0.15, -0.1) is 0 Å². The summed E-state index contributed by atoms with van der Waals surface area (Å²) in [6, 6.07) is 9.11. The van der Waals surface area contributed by atoms with E-state index in [1.807, 2.05) is 0 Å². The van der Waals surface area contributed by atoms with E-state index in [0.29, 0.717) is 0 Å². The smallest absolute Gasteiger partial charge is 0.255 e. The van der Waals surface area contributed by atoms with Gasteiger partial charge in [0.1, 0.15) is 11.6 Å². The highest BCUT2D eigenvalue weighted by Crippen LogP contribution is 2.26. The number of hydrogen-bond donors (Lipinski definition) is 2. The quantitative estimate of drug-likeness (QED) is 0.775. The van der Waals surface area contributed by atoms with Crippen molar-refractivity contribution in [3.05, 3.63) is 53.8 Å². The van der Waals surface area contributed by atoms with Crippen molar-refractivity contribution in [2.75, 3.05) is 32.1 Å². The zero-order valence-electron chi connectivity index (χ0n) is 14.9. The van der Waals surface area contributed by atoms with Crippen LogP contribution in [0, 0.1) is 5.82 Å². The maximum Gasteiger partial charge on any atom is 0.255 e. The Morgan fingerprint density at radius 2 is 2.04 bits per heavy atom. The second-order valence-electron chi connectivity index (χ2n) is 6.02. The van der Waals surface area contributed by atoms with Crippen molar-refractivity contribution in [3.8, 4) is 5.75 Å². The minimum absolute atomic E-state index is 0.0916. The van der Waals surface area contributed by atoms with E-state index in [0.717, 1.165) is 10.4 Å². The monoisotopic (exact) mass is 407 g/mol. The van der Waals surface area contributed by atoms with Crippen LogP contribution in [0.25, 0.3) is 0 Å². The third-order valence-corrected chi connectivity index (χ3v) is 5.99. The van der Waals surface area contributed by atoms with Gasteiger partial charge < -0.3 is 15.4 Å². The molecule has 8 nitrogen and oxygen atoms in total. The molecule has 0 spiro atoms. The SMILES string of the molecule is COc1cc(F)ccc1NC(=O)c1cccc(S(=O)(=O)N2CCNC(=O)C2)c1. The lowest BCUT2D eigenvalue weighted by molar-refractivity contribution is -0.122. The minimum atomic E-state index is -3.92. The Morgan fingerprint density at radius 1 is 1.25 bits per heavy atom. The normalized spacial score (nSPS) is 15.0. The first-order chi connectivity index (χ1) is 13.3. The topological polar surface area (TPSA) is 105 Å². The largest absolute Gasteiger partial charge is 0.494 e. The summed E-state index contributed by atoms with van der Waals surface area (Å²) in [6.45, 7) is 0.103. The van der Waals surface area contributed by atoms with Crippen LogP contribution in [0.5, 0.6) is 5.75 Å². The number of methoxy groups -OCH3 is 1. The lowest BCUT2D eigenvalue weighted by Gasteiger charge is -2.26. The summed E-state index contributed by atoms with van der Waals surface area (Å²) in [4.78, 5) is 23.9. The number of amides is 2. The number of sulfonamides is 1. The molecule has 1 fully saturated rings. The Labute approximate surface area is 161 Å². The number of rotatable bonds is 5. The number of nitrogens with one attached hydrogen (secondary N) is 2. The number of anilines is 1. The molecule has 3 rings (SSSR count). The van der Waals surface area contributed by atoms with Crippen LogP contribution in [0.2, 0.25) is 0 Å². The number of carbonyl (C=O) groups is 2. The molecule has 28 heavy (non-hydrogen) atoms. The van der Waals surface area contributed by atoms with Gasteiger partial charge in [-0.3, -0.25) is 9.59 Å². The van der Waals surface area contributed by atoms with E-state index in [9.17, 15) is 22.4 Å². The standard InChI is InChI=1S/C18H18FN3O5S/c1-27-16-10-13(19)5-6-15(16)21-18(24)12-3-2-4-14(9-12)28(25,26)22-8-7-20-17(23)11-22/h2-6,9-10H,7-8,11H2,1H3,(H,20,23)(H,21,24). The van der Waals surface area contributed by atoms with Gasteiger partial charge in [-0.1, -0.05) is 6.07 Å². The Bertz CT molecular complexity index is 1030. The second kappa shape index (κ2) is 7.95. The summed E-state index contributed by atoms with van der Waals surface area (Å²) >= 11 is 0. The van der Waals surface area contributed by atoms with E-state index in [1.165, 1.54) is 43.5 Å². The number of halogens is 1. The Balaban J connectivity index is 1.85. The Hall–Kier alpha value is -2.98. The van der Waals surface area contributed by atoms with Crippen molar-refractivity contribution in [1.29, 1.82) is 0 Å². The summed E-state index contributed by atoms with van der Waals surface area (Å²) in [6.07, 6.45) is 0. The number of hydrogen-bond acceptors (Lipinski definition) is 5. The Kier molecular flexibility index (Phi) is 5.61. The van der Waals surface area contributed by atoms with Crippen molar-refractivity contribution in [2.24, 2.45) is 0 Å². The number of carbonyl (C=O) groups excluding carboxylic acids is 2. The molecule has 0 atom stereocenters. The molecule has 0 bridgehead atoms. The van der Waals surface area contributed by atoms with Gasteiger partial charge in [-0.05, 0) is 30.3 Å². The van der Waals surface area contributed by atoms with Gasteiger partial charge in [-0.2, -0.15) is 4.31 Å². The van der Waals surface area contributed by atoms with E-state index in [2.05, 4.69) is 10.6 Å². The summed E-state index contributed by atoms with van der Waals surface area (Å²) < 4.78 is 44.9. The highest BCUT2D eigenvalue weighted by Gasteiger charge is 2.29. The molecule has 148 valence electrons. The second-order valence-corrected chi connectivity index (χ2v) is 7.95. The molecule has 0 radical (unpaired) electrons. The lowest BCUT2D eigenvalue weighted by atomic mass is 10.2. The third kappa shape index (κ3) is 4.12. The van der Waals surface area contributed by atoms with Crippen molar-refractivity contribution >= 4 is 27.5 Å². The van der Waals surface area contributed by atoms with E-state index < -0.39 is 21.7 Å². The summed E-state index contributed by atoms with van der Waals surface area (Å²) in [5.41, 5.74) is 0.337. The molecule has 0 saturated carbocycles. The fraction of sp³-hybridized carbons (Fsp3) is 0.222. The summed E-state index contributed by atoms with van der Waals surface area (Å²) in [5.74, 6) is -1.35. The first kappa shape index (κ1) is 19.8. The van der Waals surface area contributed by atoms with Crippen LogP contribution in [-0.2, 0) is 14.8 Å². The molecule has 1 heterocycles. The van der Waals surface area contributed by atoms with E-state index in [1.54, 1.807) is 0 Å². The van der Waals surface area contributed by atoms with Crippen molar-refractivity contribution in [1.82, 2.24) is 9.62 Å². The number of piperazine rings is 1. The zero-order chi connectivity index (χ0) is 20.3. The van der Waals surface area contributed by atoms with Crippen LogP contribution in [0.15, 0.2) is 47.4 Å². The molecule has 2 aromatic rings. The van der Waals surface area contributed by atoms with E-state index in [4.69, 9.17) is 4.74 Å². The molecular formula is C18H18FN3O5S. The molecular weight excluding hydrogens is 389 g/mol. The molecule has 1 aliphatic rings. The van der Waals surface area contributed by atoms with Crippen molar-refractivity contribution < 1.29 is 27.1 Å². The van der Waals surface area contributed by atoms with Crippen molar-refractivity contribution in [3.63, 3.8) is 0 Å². The average molecular weight is 407 g/mol. The average Bonchev–Trinajstić information content (AvgIpc) is 2.69. The first-order valence-electron chi connectivity index (χ1n) is 8.33. The zero-order valence-corrected chi connectivity index (χ0v) is 15.8. The van der Waals surface area contributed by atoms with Gasteiger partial charge in [0.25, 0.3) is 5.91 Å². The van der Waals surface area contributed by atoms with Crippen LogP contribution in [0.1, 0.15) is 10.4 Å². The molecule has 0 aromatic heterocycles. The highest BCUT2D eigenvalue weighted by atomic mass is 32.2. The molecule has 0 unspecified atom stereocenters. The molecule has 1 saturated heterocycles. The van der Waals surface area contributed by atoms with E-state index in [-0.39, 0.29) is 47.4 Å². The van der Waals surface area contributed by atoms with Gasteiger partial charge in [0, 0.05) is 24.7 Å². The predicted molar refractivity (Wildman–Crippen MR) is 99.1 cm³/mol. The summed E-state index contributed by atoms with van der Waals surface area (Å²) in [7, 11) is -2.58. The van der Waals surface area contributed by atoms with Gasteiger partial charge >= 0.3 is 0 Å². The molecule has 2 N–H and O–H groups in total. The predicted octanol–water partition coefficient (Wildman–Crippen LogP) is 1.21. The minimum Gasteiger partial charge on any atom is -0.494 e. The van der Waals surface area contributed by atoms with Crippen LogP contribution < -0.4 is 15.4 Å². The van der Waals surface area contributed by atoms with Crippen LogP contribution in [0.3, 0.4) is 0 Å². The fourth-order valence-electron chi connectivity index (χ4n) is 2.73. The fourth-order valence-corrected chi connectivity index (χ4v) is 4.17. The maximum absolute atomic E-state index is 13.3. The van der Waals surface area contributed by atoms with Crippen LogP contribution in [-0.4, -0.2) is 51.3 Å². The molecule has 0 aliphatic carbocycles. The lowest BCUT2D eigenvalue weighted by Crippen LogP contribution is -2.49.